The average Bonchev–Trinajstić information content (AvgIpc) is 3.18. The van der Waals surface area contributed by atoms with Gasteiger partial charge in [-0.3, -0.25) is 14.5 Å². The lowest BCUT2D eigenvalue weighted by Gasteiger charge is -2.39. The SMILES string of the molecule is Cc1noc(C)c1S(=O)(=O)N1CCCC(C(=O)N2CCN(CC(=O)N3CCCCC3)CC2)C1. The number of aryl methyl sites for hydroxylation is 2. The number of aromatic nitrogens is 1. The molecule has 4 rings (SSSR count). The molecule has 0 aliphatic carbocycles. The van der Waals surface area contributed by atoms with Gasteiger partial charge in [0.05, 0.1) is 12.5 Å². The number of piperidine rings is 2. The second-order valence-corrected chi connectivity index (χ2v) is 11.3. The van der Waals surface area contributed by atoms with Crippen LogP contribution in [-0.2, 0) is 19.6 Å². The molecular formula is C22H35N5O5S. The van der Waals surface area contributed by atoms with Crippen molar-refractivity contribution in [1.82, 2.24) is 24.2 Å². The van der Waals surface area contributed by atoms with Crippen LogP contribution in [0.1, 0.15) is 43.6 Å². The van der Waals surface area contributed by atoms with Gasteiger partial charge in [0.2, 0.25) is 21.8 Å². The van der Waals surface area contributed by atoms with E-state index in [1.807, 2.05) is 9.80 Å². The van der Waals surface area contributed by atoms with Crippen molar-refractivity contribution in [3.05, 3.63) is 11.5 Å². The lowest BCUT2D eigenvalue weighted by atomic mass is 9.97. The van der Waals surface area contributed by atoms with Crippen LogP contribution < -0.4 is 0 Å². The zero-order chi connectivity index (χ0) is 23.6. The molecule has 0 N–H and O–H groups in total. The third kappa shape index (κ3) is 5.25. The zero-order valence-electron chi connectivity index (χ0n) is 19.7. The molecule has 0 saturated carbocycles. The van der Waals surface area contributed by atoms with Gasteiger partial charge in [-0.1, -0.05) is 5.16 Å². The number of piperazine rings is 1. The van der Waals surface area contributed by atoms with Gasteiger partial charge < -0.3 is 14.3 Å². The standard InChI is InChI=1S/C22H35N5O5S/c1-17-21(18(2)32-23-17)33(30,31)27-10-6-7-19(15-27)22(29)26-13-11-24(12-14-26)16-20(28)25-8-4-3-5-9-25/h19H,3-16H2,1-2H3. The molecule has 0 spiro atoms. The maximum absolute atomic E-state index is 13.2. The molecule has 1 aromatic rings. The van der Waals surface area contributed by atoms with E-state index in [4.69, 9.17) is 4.52 Å². The molecule has 4 heterocycles. The number of amides is 2. The minimum Gasteiger partial charge on any atom is -0.360 e. The van der Waals surface area contributed by atoms with Crippen LogP contribution in [0.2, 0.25) is 0 Å². The van der Waals surface area contributed by atoms with E-state index in [0.29, 0.717) is 57.8 Å². The van der Waals surface area contributed by atoms with Crippen LogP contribution in [0.5, 0.6) is 0 Å². The van der Waals surface area contributed by atoms with Crippen LogP contribution in [0.15, 0.2) is 9.42 Å². The normalized spacial score (nSPS) is 23.6. The number of hydrogen-bond donors (Lipinski definition) is 0. The predicted octanol–water partition coefficient (Wildman–Crippen LogP) is 0.849. The number of likely N-dealkylation sites (tertiary alicyclic amines) is 1. The summed E-state index contributed by atoms with van der Waals surface area (Å²) in [7, 11) is -3.75. The third-order valence-electron chi connectivity index (χ3n) is 7.05. The van der Waals surface area contributed by atoms with Crippen LogP contribution in [0.25, 0.3) is 0 Å². The number of rotatable bonds is 5. The van der Waals surface area contributed by atoms with Crippen molar-refractivity contribution in [1.29, 1.82) is 0 Å². The van der Waals surface area contributed by atoms with Crippen LogP contribution in [0.3, 0.4) is 0 Å². The second kappa shape index (κ2) is 10.1. The number of carbonyl (C=O) groups is 2. The molecule has 3 fully saturated rings. The maximum atomic E-state index is 13.2. The smallest absolute Gasteiger partial charge is 0.248 e. The van der Waals surface area contributed by atoms with Crippen LogP contribution in [0.4, 0.5) is 0 Å². The Hall–Kier alpha value is -1.98. The molecule has 3 aliphatic heterocycles. The summed E-state index contributed by atoms with van der Waals surface area (Å²) < 4.78 is 32.8. The first kappa shape index (κ1) is 24.2. The molecular weight excluding hydrogens is 446 g/mol. The van der Waals surface area contributed by atoms with Crippen molar-refractivity contribution in [2.75, 3.05) is 58.9 Å². The van der Waals surface area contributed by atoms with E-state index in [9.17, 15) is 18.0 Å². The fourth-order valence-electron chi connectivity index (χ4n) is 5.15. The molecule has 0 aromatic carbocycles. The molecule has 1 unspecified atom stereocenters. The molecule has 10 nitrogen and oxygen atoms in total. The molecule has 1 atom stereocenters. The summed E-state index contributed by atoms with van der Waals surface area (Å²) >= 11 is 0. The Balaban J connectivity index is 1.31. The van der Waals surface area contributed by atoms with E-state index in [2.05, 4.69) is 10.1 Å². The minimum atomic E-state index is -3.75. The van der Waals surface area contributed by atoms with Crippen molar-refractivity contribution in [2.45, 2.75) is 50.8 Å². The number of sulfonamides is 1. The Labute approximate surface area is 195 Å². The summed E-state index contributed by atoms with van der Waals surface area (Å²) in [4.78, 5) is 31.8. The van der Waals surface area contributed by atoms with Crippen LogP contribution in [0, 0.1) is 19.8 Å². The van der Waals surface area contributed by atoms with Crippen molar-refractivity contribution < 1.29 is 22.5 Å². The van der Waals surface area contributed by atoms with Crippen molar-refractivity contribution in [3.63, 3.8) is 0 Å². The first-order valence-corrected chi connectivity index (χ1v) is 13.4. The lowest BCUT2D eigenvalue weighted by molar-refractivity contribution is -0.139. The van der Waals surface area contributed by atoms with E-state index >= 15 is 0 Å². The molecule has 33 heavy (non-hydrogen) atoms. The van der Waals surface area contributed by atoms with E-state index in [1.165, 1.54) is 10.7 Å². The molecule has 11 heteroatoms. The van der Waals surface area contributed by atoms with E-state index < -0.39 is 10.0 Å². The monoisotopic (exact) mass is 481 g/mol. The molecule has 0 bridgehead atoms. The largest absolute Gasteiger partial charge is 0.360 e. The van der Waals surface area contributed by atoms with E-state index in [-0.39, 0.29) is 34.9 Å². The zero-order valence-corrected chi connectivity index (χ0v) is 20.5. The highest BCUT2D eigenvalue weighted by Crippen LogP contribution is 2.28. The summed E-state index contributed by atoms with van der Waals surface area (Å²) in [5, 5.41) is 3.77. The summed E-state index contributed by atoms with van der Waals surface area (Å²) in [6, 6.07) is 0. The highest BCUT2D eigenvalue weighted by atomic mass is 32.2. The Morgan fingerprint density at radius 3 is 2.27 bits per heavy atom. The Morgan fingerprint density at radius 2 is 1.64 bits per heavy atom. The molecule has 3 saturated heterocycles. The Kier molecular flexibility index (Phi) is 7.40. The molecule has 2 amide bonds. The van der Waals surface area contributed by atoms with Crippen LogP contribution >= 0.6 is 0 Å². The van der Waals surface area contributed by atoms with Crippen molar-refractivity contribution >= 4 is 21.8 Å². The average molecular weight is 482 g/mol. The third-order valence-corrected chi connectivity index (χ3v) is 9.16. The lowest BCUT2D eigenvalue weighted by Crippen LogP contribution is -2.54. The highest BCUT2D eigenvalue weighted by molar-refractivity contribution is 7.89. The molecule has 1 aromatic heterocycles. The Morgan fingerprint density at radius 1 is 0.939 bits per heavy atom. The van der Waals surface area contributed by atoms with Crippen LogP contribution in [-0.4, -0.2) is 103 Å². The molecule has 3 aliphatic rings. The number of nitrogens with zero attached hydrogens (tertiary/aromatic N) is 5. The van der Waals surface area contributed by atoms with Gasteiger partial charge in [-0.05, 0) is 46.0 Å². The van der Waals surface area contributed by atoms with Gasteiger partial charge in [-0.25, -0.2) is 8.42 Å². The van der Waals surface area contributed by atoms with Gasteiger partial charge in [0.25, 0.3) is 0 Å². The Bertz CT molecular complexity index is 944. The summed E-state index contributed by atoms with van der Waals surface area (Å²) in [5.41, 5.74) is 0.344. The topological polar surface area (TPSA) is 107 Å². The first-order valence-electron chi connectivity index (χ1n) is 12.0. The molecule has 184 valence electrons. The fraction of sp³-hybridized carbons (Fsp3) is 0.773. The number of hydrogen-bond acceptors (Lipinski definition) is 7. The van der Waals surface area contributed by atoms with Gasteiger partial charge in [0, 0.05) is 52.4 Å². The fourth-order valence-corrected chi connectivity index (χ4v) is 6.97. The summed E-state index contributed by atoms with van der Waals surface area (Å²) in [5.74, 6) is 0.115. The maximum Gasteiger partial charge on any atom is 0.248 e. The second-order valence-electron chi connectivity index (χ2n) is 9.40. The van der Waals surface area contributed by atoms with Crippen molar-refractivity contribution in [3.8, 4) is 0 Å². The molecule has 0 radical (unpaired) electrons. The summed E-state index contributed by atoms with van der Waals surface area (Å²) in [6.07, 6.45) is 4.68. The van der Waals surface area contributed by atoms with Gasteiger partial charge in [-0.15, -0.1) is 0 Å². The van der Waals surface area contributed by atoms with Gasteiger partial charge >= 0.3 is 0 Å². The highest BCUT2D eigenvalue weighted by Gasteiger charge is 2.38. The van der Waals surface area contributed by atoms with Gasteiger partial charge in [-0.2, -0.15) is 4.31 Å². The van der Waals surface area contributed by atoms with E-state index in [1.54, 1.807) is 13.8 Å². The predicted molar refractivity (Wildman–Crippen MR) is 121 cm³/mol. The van der Waals surface area contributed by atoms with E-state index in [0.717, 1.165) is 25.9 Å². The number of carbonyl (C=O) groups excluding carboxylic acids is 2. The minimum absolute atomic E-state index is 0.00988. The van der Waals surface area contributed by atoms with Gasteiger partial charge in [0.15, 0.2) is 5.76 Å². The van der Waals surface area contributed by atoms with Crippen molar-refractivity contribution in [2.24, 2.45) is 5.92 Å². The van der Waals surface area contributed by atoms with Gasteiger partial charge in [0.1, 0.15) is 10.6 Å². The first-order chi connectivity index (χ1) is 15.8. The summed E-state index contributed by atoms with van der Waals surface area (Å²) in [6.45, 7) is 8.37. The quantitative estimate of drug-likeness (QED) is 0.614.